The number of carbonyl (C=O) groups is 2. The molecule has 0 aliphatic carbocycles. The fourth-order valence-corrected chi connectivity index (χ4v) is 2.91. The van der Waals surface area contributed by atoms with Gasteiger partial charge in [-0.2, -0.15) is 0 Å². The highest BCUT2D eigenvalue weighted by Gasteiger charge is 2.36. The third-order valence-electron chi connectivity index (χ3n) is 3.87. The van der Waals surface area contributed by atoms with Crippen LogP contribution < -0.4 is 22.1 Å². The lowest BCUT2D eigenvalue weighted by Crippen LogP contribution is -2.48. The molecule has 1 aromatic heterocycles. The van der Waals surface area contributed by atoms with Crippen molar-refractivity contribution < 1.29 is 9.59 Å². The van der Waals surface area contributed by atoms with Gasteiger partial charge in [0, 0.05) is 12.1 Å². The summed E-state index contributed by atoms with van der Waals surface area (Å²) in [7, 11) is 11.6. The average molecular weight is 306 g/mol. The summed E-state index contributed by atoms with van der Waals surface area (Å²) in [4.78, 5) is 40.7. The van der Waals surface area contributed by atoms with Gasteiger partial charge in [-0.25, -0.2) is 4.98 Å². The van der Waals surface area contributed by atoms with Gasteiger partial charge in [-0.15, -0.1) is 0 Å². The van der Waals surface area contributed by atoms with Gasteiger partial charge < -0.3 is 5.73 Å². The van der Waals surface area contributed by atoms with Crippen LogP contribution in [0.15, 0.2) is 16.9 Å². The van der Waals surface area contributed by atoms with E-state index in [0.717, 1.165) is 0 Å². The van der Waals surface area contributed by atoms with Gasteiger partial charge in [-0.1, -0.05) is 5.46 Å². The summed E-state index contributed by atoms with van der Waals surface area (Å²) in [5.74, 6) is -1.63. The Morgan fingerprint density at radius 3 is 2.70 bits per heavy atom. The van der Waals surface area contributed by atoms with Crippen molar-refractivity contribution in [1.82, 2.24) is 14.9 Å². The molecule has 0 bridgehead atoms. The van der Waals surface area contributed by atoms with Crippen molar-refractivity contribution in [3.8, 4) is 0 Å². The fourth-order valence-electron chi connectivity index (χ4n) is 2.91. The number of nitrogens with zero attached hydrogens (tertiary/aromatic N) is 2. The van der Waals surface area contributed by atoms with Crippen molar-refractivity contribution in [1.29, 1.82) is 0 Å². The highest BCUT2D eigenvalue weighted by atomic mass is 16.2. The fraction of sp³-hybridized carbons (Fsp3) is 0.286. The molecule has 3 rings (SSSR count). The van der Waals surface area contributed by atoms with Gasteiger partial charge in [-0.3, -0.25) is 24.3 Å². The number of hydrogen-bond acceptors (Lipinski definition) is 5. The molecule has 2 aromatic rings. The normalized spacial score (nSPS) is 21.4. The lowest BCUT2D eigenvalue weighted by atomic mass is 9.75. The molecule has 2 unspecified atom stereocenters. The maximum absolute atomic E-state index is 12.8. The van der Waals surface area contributed by atoms with Crippen LogP contribution in [0.4, 0.5) is 5.69 Å². The van der Waals surface area contributed by atoms with E-state index in [0.29, 0.717) is 11.0 Å². The molecule has 7 nitrogen and oxygen atoms in total. The van der Waals surface area contributed by atoms with Gasteiger partial charge in [0.25, 0.3) is 5.56 Å². The van der Waals surface area contributed by atoms with Crippen molar-refractivity contribution >= 4 is 49.6 Å². The highest BCUT2D eigenvalue weighted by molar-refractivity contribution is 6.33. The lowest BCUT2D eigenvalue weighted by molar-refractivity contribution is -0.135. The lowest BCUT2D eigenvalue weighted by Gasteiger charge is -2.30. The second-order valence-corrected chi connectivity index (χ2v) is 5.56. The van der Waals surface area contributed by atoms with Gasteiger partial charge in [0.2, 0.25) is 11.8 Å². The summed E-state index contributed by atoms with van der Waals surface area (Å²) in [5.41, 5.74) is 6.30. The number of anilines is 1. The zero-order valence-corrected chi connectivity index (χ0v) is 12.4. The van der Waals surface area contributed by atoms with Crippen LogP contribution in [0.3, 0.4) is 0 Å². The first-order chi connectivity index (χ1) is 10.8. The number of nitrogen functional groups attached to an aromatic ring is 1. The first kappa shape index (κ1) is 15.3. The molecule has 112 valence electrons. The molecule has 1 aromatic carbocycles. The van der Waals surface area contributed by atoms with Crippen LogP contribution in [-0.4, -0.2) is 37.1 Å². The third-order valence-corrected chi connectivity index (χ3v) is 3.87. The number of nitrogens with two attached hydrogens (primary N) is 1. The molecule has 1 aliphatic heterocycles. The van der Waals surface area contributed by atoms with Crippen molar-refractivity contribution in [3.05, 3.63) is 28.3 Å². The van der Waals surface area contributed by atoms with Crippen LogP contribution in [-0.2, 0) is 9.59 Å². The molecule has 1 saturated heterocycles. The van der Waals surface area contributed by atoms with E-state index in [1.165, 1.54) is 16.7 Å². The van der Waals surface area contributed by atoms with Crippen molar-refractivity contribution in [3.63, 3.8) is 0 Å². The summed E-state index contributed by atoms with van der Waals surface area (Å²) in [5, 5.41) is 2.36. The van der Waals surface area contributed by atoms with Gasteiger partial charge in [0.05, 0.1) is 18.7 Å². The molecular weight excluding hydrogens is 294 g/mol. The first-order valence-corrected chi connectivity index (χ1v) is 6.96. The average Bonchev–Trinajstić information content (AvgIpc) is 2.39. The molecule has 2 amide bonds. The van der Waals surface area contributed by atoms with Crippen molar-refractivity contribution in [2.75, 3.05) is 5.73 Å². The Kier molecular flexibility index (Phi) is 3.50. The summed E-state index contributed by atoms with van der Waals surface area (Å²) in [6, 6.07) is 1.97. The maximum atomic E-state index is 12.8. The van der Waals surface area contributed by atoms with E-state index in [1.54, 1.807) is 6.92 Å². The molecule has 4 radical (unpaired) electrons. The number of hydrogen-bond donors (Lipinski definition) is 2. The summed E-state index contributed by atoms with van der Waals surface area (Å²) in [6.07, 6.45) is -0.0580. The van der Waals surface area contributed by atoms with Gasteiger partial charge in [-0.05, 0) is 24.9 Å². The standard InChI is InChI=1S/C14H12B2N4O3/c1-5-18-9-3-6(15)2-8(17)11(9)14(23)20(5)12-7(16)4-10(21)19-13(12)22/h2-3,7,12H,4,17H2,1H3,(H,19,21,22). The summed E-state index contributed by atoms with van der Waals surface area (Å²) < 4.78 is 1.18. The Bertz CT molecular complexity index is 909. The van der Waals surface area contributed by atoms with Crippen LogP contribution in [0.25, 0.3) is 10.9 Å². The number of fused-ring (bicyclic) bond motifs is 1. The number of amides is 2. The van der Waals surface area contributed by atoms with E-state index in [9.17, 15) is 14.4 Å². The number of aromatic nitrogens is 2. The minimum Gasteiger partial charge on any atom is -0.398 e. The van der Waals surface area contributed by atoms with Crippen LogP contribution in [0.5, 0.6) is 0 Å². The Labute approximate surface area is 134 Å². The zero-order valence-electron chi connectivity index (χ0n) is 12.4. The van der Waals surface area contributed by atoms with Crippen LogP contribution in [0.2, 0.25) is 5.82 Å². The van der Waals surface area contributed by atoms with Gasteiger partial charge in [0.15, 0.2) is 0 Å². The topological polar surface area (TPSA) is 107 Å². The number of imide groups is 1. The van der Waals surface area contributed by atoms with E-state index in [4.69, 9.17) is 21.4 Å². The van der Waals surface area contributed by atoms with Crippen molar-refractivity contribution in [2.45, 2.75) is 25.2 Å². The van der Waals surface area contributed by atoms with E-state index in [-0.39, 0.29) is 23.3 Å². The second-order valence-electron chi connectivity index (χ2n) is 5.56. The van der Waals surface area contributed by atoms with E-state index >= 15 is 0 Å². The maximum Gasteiger partial charge on any atom is 0.264 e. The monoisotopic (exact) mass is 306 g/mol. The number of benzene rings is 1. The Morgan fingerprint density at radius 1 is 1.35 bits per heavy atom. The van der Waals surface area contributed by atoms with Crippen molar-refractivity contribution in [2.24, 2.45) is 0 Å². The third kappa shape index (κ3) is 2.42. The second kappa shape index (κ2) is 5.26. The van der Waals surface area contributed by atoms with Crippen LogP contribution in [0.1, 0.15) is 18.3 Å². The Morgan fingerprint density at radius 2 is 2.04 bits per heavy atom. The van der Waals surface area contributed by atoms with Gasteiger partial charge in [0.1, 0.15) is 19.7 Å². The van der Waals surface area contributed by atoms with Gasteiger partial charge >= 0.3 is 0 Å². The quantitative estimate of drug-likeness (QED) is 0.384. The highest BCUT2D eigenvalue weighted by Crippen LogP contribution is 2.28. The van der Waals surface area contributed by atoms with Crippen LogP contribution >= 0.6 is 0 Å². The molecule has 0 saturated carbocycles. The number of aryl methyl sites for hydroxylation is 1. The molecule has 1 aliphatic rings. The predicted octanol–water partition coefficient (Wildman–Crippen LogP) is -1.37. The smallest absolute Gasteiger partial charge is 0.264 e. The molecule has 23 heavy (non-hydrogen) atoms. The molecular formula is C14H12B2N4O3. The Hall–Kier alpha value is -2.57. The molecule has 2 atom stereocenters. The number of nitrogens with one attached hydrogen (secondary N) is 1. The molecule has 1 fully saturated rings. The SMILES string of the molecule is [B]c1cc(N)c2c(=O)n(C3C(=O)NC(=O)CC3[B])c(C)nc2c1. The predicted molar refractivity (Wildman–Crippen MR) is 86.8 cm³/mol. The van der Waals surface area contributed by atoms with E-state index in [1.807, 2.05) is 0 Å². The summed E-state index contributed by atoms with van der Waals surface area (Å²) in [6.45, 7) is 1.58. The largest absolute Gasteiger partial charge is 0.398 e. The number of piperidine rings is 1. The zero-order chi connectivity index (χ0) is 16.9. The molecule has 2 heterocycles. The minimum atomic E-state index is -1.02. The molecule has 3 N–H and O–H groups in total. The minimum absolute atomic E-state index is 0.0580. The molecule has 0 spiro atoms. The summed E-state index contributed by atoms with van der Waals surface area (Å²) >= 11 is 0. The molecule has 9 heteroatoms. The van der Waals surface area contributed by atoms with Crippen LogP contribution in [0, 0.1) is 6.92 Å². The number of carbonyl (C=O) groups excluding carboxylic acids is 2. The Balaban J connectivity index is 2.28. The van der Waals surface area contributed by atoms with E-state index in [2.05, 4.69) is 10.3 Å². The first-order valence-electron chi connectivity index (χ1n) is 6.96. The number of rotatable bonds is 1. The van der Waals surface area contributed by atoms with E-state index < -0.39 is 29.2 Å².